The van der Waals surface area contributed by atoms with Crippen LogP contribution in [0.3, 0.4) is 0 Å². The van der Waals surface area contributed by atoms with Gasteiger partial charge in [0, 0.05) is 18.7 Å². The first-order chi connectivity index (χ1) is 6.63. The Labute approximate surface area is 80.4 Å². The number of hydrogen-bond acceptors (Lipinski definition) is 4. The maximum Gasteiger partial charge on any atom is 0.222 e. The maximum absolute atomic E-state index is 10.6. The summed E-state index contributed by atoms with van der Waals surface area (Å²) in [6.45, 7) is 1.39. The van der Waals surface area contributed by atoms with Crippen LogP contribution in [0.2, 0.25) is 0 Å². The first-order valence-electron chi connectivity index (χ1n) is 3.85. The van der Waals surface area contributed by atoms with Crippen molar-refractivity contribution in [3.63, 3.8) is 0 Å². The van der Waals surface area contributed by atoms with Crippen molar-refractivity contribution < 1.29 is 10.0 Å². The number of nitrogens with one attached hydrogen (secondary N) is 1. The molecule has 14 heavy (non-hydrogen) atoms. The van der Waals surface area contributed by atoms with Crippen molar-refractivity contribution >= 4 is 17.6 Å². The van der Waals surface area contributed by atoms with Gasteiger partial charge in [-0.2, -0.15) is 0 Å². The molecule has 4 N–H and O–H groups in total. The maximum atomic E-state index is 10.6. The number of amidine groups is 1. The normalized spacial score (nSPS) is 11.1. The molecule has 0 aliphatic rings. The van der Waals surface area contributed by atoms with E-state index in [-0.39, 0.29) is 11.7 Å². The number of nitrogens with zero attached hydrogens (tertiary/aromatic N) is 2. The van der Waals surface area contributed by atoms with Crippen molar-refractivity contribution in [2.45, 2.75) is 6.92 Å². The highest BCUT2D eigenvalue weighted by Crippen LogP contribution is 2.04. The van der Waals surface area contributed by atoms with Gasteiger partial charge < -0.3 is 16.3 Å². The number of nitrogens with two attached hydrogens (primary N) is 1. The molecule has 0 bridgehead atoms. The predicted molar refractivity (Wildman–Crippen MR) is 51.1 cm³/mol. The number of rotatable bonds is 2. The number of oxime groups is 1. The topological polar surface area (TPSA) is 101 Å². The van der Waals surface area contributed by atoms with E-state index in [2.05, 4.69) is 15.5 Å². The minimum absolute atomic E-state index is 0.0214. The second kappa shape index (κ2) is 4.22. The monoisotopic (exact) mass is 194 g/mol. The van der Waals surface area contributed by atoms with Gasteiger partial charge in [0.25, 0.3) is 0 Å². The predicted octanol–water partition coefficient (Wildman–Crippen LogP) is 0.134. The molecule has 0 aromatic carbocycles. The molecule has 0 saturated heterocycles. The minimum atomic E-state index is -0.200. The molecule has 0 atom stereocenters. The first kappa shape index (κ1) is 9.97. The summed E-state index contributed by atoms with van der Waals surface area (Å²) in [5, 5.41) is 13.7. The fourth-order valence-electron chi connectivity index (χ4n) is 0.857. The van der Waals surface area contributed by atoms with Gasteiger partial charge >= 0.3 is 0 Å². The Balaban J connectivity index is 2.83. The molecule has 0 aliphatic heterocycles. The van der Waals surface area contributed by atoms with Gasteiger partial charge in [0.1, 0.15) is 5.82 Å². The van der Waals surface area contributed by atoms with E-state index in [9.17, 15) is 4.79 Å². The summed E-state index contributed by atoms with van der Waals surface area (Å²) in [5.74, 6) is 0.202. The molecule has 1 amide bonds. The average molecular weight is 194 g/mol. The fourth-order valence-corrected chi connectivity index (χ4v) is 0.857. The van der Waals surface area contributed by atoms with Crippen LogP contribution in [0.25, 0.3) is 0 Å². The Hall–Kier alpha value is -2.11. The Morgan fingerprint density at radius 3 is 2.79 bits per heavy atom. The molecule has 0 saturated carbocycles. The zero-order chi connectivity index (χ0) is 10.6. The van der Waals surface area contributed by atoms with Gasteiger partial charge in [0.05, 0.1) is 0 Å². The summed E-state index contributed by atoms with van der Waals surface area (Å²) >= 11 is 0. The third-order valence-electron chi connectivity index (χ3n) is 1.47. The zero-order valence-electron chi connectivity index (χ0n) is 7.56. The van der Waals surface area contributed by atoms with Gasteiger partial charge in [-0.05, 0) is 12.1 Å². The van der Waals surface area contributed by atoms with Gasteiger partial charge in [-0.1, -0.05) is 5.16 Å². The highest BCUT2D eigenvalue weighted by atomic mass is 16.4. The Morgan fingerprint density at radius 2 is 2.36 bits per heavy atom. The van der Waals surface area contributed by atoms with Crippen molar-refractivity contribution in [3.8, 4) is 0 Å². The Bertz CT molecular complexity index is 358. The molecular weight excluding hydrogens is 184 g/mol. The third kappa shape index (κ3) is 2.44. The standard InChI is InChI=1S/C8H10N4O2/c1-5(13)11-7-3-2-6(4-10-7)8(9)12-14/h2-4,14H,1H3,(H2,9,12)(H,10,11,13). The number of anilines is 1. The van der Waals surface area contributed by atoms with Crippen LogP contribution < -0.4 is 11.1 Å². The number of amides is 1. The molecule has 1 aromatic rings. The third-order valence-corrected chi connectivity index (χ3v) is 1.47. The van der Waals surface area contributed by atoms with E-state index in [0.29, 0.717) is 11.4 Å². The lowest BCUT2D eigenvalue weighted by Crippen LogP contribution is -2.14. The lowest BCUT2D eigenvalue weighted by Gasteiger charge is -2.01. The van der Waals surface area contributed by atoms with Crippen molar-refractivity contribution in [3.05, 3.63) is 23.9 Å². The molecule has 0 spiro atoms. The number of pyridine rings is 1. The molecule has 0 fully saturated rings. The largest absolute Gasteiger partial charge is 0.409 e. The number of aromatic nitrogens is 1. The van der Waals surface area contributed by atoms with Gasteiger partial charge in [0.15, 0.2) is 5.84 Å². The number of hydrogen-bond donors (Lipinski definition) is 3. The first-order valence-corrected chi connectivity index (χ1v) is 3.85. The molecule has 1 heterocycles. The van der Waals surface area contributed by atoms with Gasteiger partial charge in [0.2, 0.25) is 5.91 Å². The van der Waals surface area contributed by atoms with Crippen molar-refractivity contribution in [2.75, 3.05) is 5.32 Å². The molecule has 0 aliphatic carbocycles. The zero-order valence-corrected chi connectivity index (χ0v) is 7.56. The summed E-state index contributed by atoms with van der Waals surface area (Å²) < 4.78 is 0. The van der Waals surface area contributed by atoms with E-state index in [4.69, 9.17) is 10.9 Å². The van der Waals surface area contributed by atoms with Gasteiger partial charge in [-0.3, -0.25) is 4.79 Å². The number of carbonyl (C=O) groups is 1. The van der Waals surface area contributed by atoms with E-state index in [1.165, 1.54) is 13.1 Å². The molecule has 6 heteroatoms. The quantitative estimate of drug-likeness (QED) is 0.269. The Morgan fingerprint density at radius 1 is 1.64 bits per heavy atom. The summed E-state index contributed by atoms with van der Waals surface area (Å²) in [4.78, 5) is 14.5. The van der Waals surface area contributed by atoms with Crippen LogP contribution in [0.15, 0.2) is 23.5 Å². The highest BCUT2D eigenvalue weighted by molar-refractivity contribution is 5.97. The fraction of sp³-hybridized carbons (Fsp3) is 0.125. The van der Waals surface area contributed by atoms with Crippen LogP contribution >= 0.6 is 0 Å². The molecule has 0 radical (unpaired) electrons. The lowest BCUT2D eigenvalue weighted by molar-refractivity contribution is -0.114. The van der Waals surface area contributed by atoms with Crippen LogP contribution in [-0.2, 0) is 4.79 Å². The van der Waals surface area contributed by atoms with Crippen LogP contribution in [0.1, 0.15) is 12.5 Å². The van der Waals surface area contributed by atoms with Gasteiger partial charge in [-0.15, -0.1) is 0 Å². The van der Waals surface area contributed by atoms with E-state index in [1.807, 2.05) is 0 Å². The van der Waals surface area contributed by atoms with E-state index in [0.717, 1.165) is 0 Å². The van der Waals surface area contributed by atoms with E-state index < -0.39 is 0 Å². The molecule has 1 rings (SSSR count). The molecule has 1 aromatic heterocycles. The van der Waals surface area contributed by atoms with Crippen LogP contribution in [0.4, 0.5) is 5.82 Å². The SMILES string of the molecule is CC(=O)Nc1ccc(/C(N)=N/O)cn1. The minimum Gasteiger partial charge on any atom is -0.409 e. The van der Waals surface area contributed by atoms with Crippen molar-refractivity contribution in [2.24, 2.45) is 10.9 Å². The molecule has 6 nitrogen and oxygen atoms in total. The summed E-state index contributed by atoms with van der Waals surface area (Å²) in [6, 6.07) is 3.15. The van der Waals surface area contributed by atoms with E-state index >= 15 is 0 Å². The van der Waals surface area contributed by atoms with Crippen molar-refractivity contribution in [1.29, 1.82) is 0 Å². The second-order valence-electron chi connectivity index (χ2n) is 2.60. The van der Waals surface area contributed by atoms with Gasteiger partial charge in [-0.25, -0.2) is 4.98 Å². The van der Waals surface area contributed by atoms with Crippen LogP contribution in [0.5, 0.6) is 0 Å². The smallest absolute Gasteiger partial charge is 0.222 e. The summed E-state index contributed by atoms with van der Waals surface area (Å²) in [5.41, 5.74) is 5.81. The average Bonchev–Trinajstić information content (AvgIpc) is 2.17. The highest BCUT2D eigenvalue weighted by Gasteiger charge is 2.00. The second-order valence-corrected chi connectivity index (χ2v) is 2.60. The van der Waals surface area contributed by atoms with Crippen molar-refractivity contribution in [1.82, 2.24) is 4.98 Å². The molecule has 74 valence electrons. The van der Waals surface area contributed by atoms with Crippen LogP contribution in [0, 0.1) is 0 Å². The Kier molecular flexibility index (Phi) is 3.01. The van der Waals surface area contributed by atoms with E-state index in [1.54, 1.807) is 12.1 Å². The molecule has 0 unspecified atom stereocenters. The summed E-state index contributed by atoms with van der Waals surface area (Å²) in [7, 11) is 0. The van der Waals surface area contributed by atoms with Crippen LogP contribution in [-0.4, -0.2) is 21.9 Å². The summed E-state index contributed by atoms with van der Waals surface area (Å²) in [6.07, 6.45) is 1.40. The lowest BCUT2D eigenvalue weighted by atomic mass is 10.2. The molecular formula is C8H10N4O2. The number of carbonyl (C=O) groups excluding carboxylic acids is 1.